The molecule has 0 spiro atoms. The average molecular weight is 286 g/mol. The van der Waals surface area contributed by atoms with Crippen molar-refractivity contribution in [3.05, 3.63) is 75.8 Å². The Hall–Kier alpha value is -2.73. The number of non-ortho nitro benzene ring substituents is 1. The Kier molecular flexibility index (Phi) is 4.63. The average Bonchev–Trinajstić information content (AvgIpc) is 2.53. The van der Waals surface area contributed by atoms with Crippen LogP contribution in [0.2, 0.25) is 0 Å². The summed E-state index contributed by atoms with van der Waals surface area (Å²) in [6.07, 6.45) is -1.23. The zero-order valence-corrected chi connectivity index (χ0v) is 11.1. The lowest BCUT2D eigenvalue weighted by molar-refractivity contribution is -0.384. The molecule has 6 nitrogen and oxygen atoms in total. The quantitative estimate of drug-likeness (QED) is 0.649. The molecule has 0 aliphatic carbocycles. The number of hydrogen-bond acceptors (Lipinski definition) is 4. The minimum absolute atomic E-state index is 0.00519. The number of carbonyl (C=O) groups excluding carboxylic acids is 1. The number of nitrogens with one attached hydrogen (secondary N) is 1. The van der Waals surface area contributed by atoms with E-state index in [2.05, 4.69) is 5.32 Å². The van der Waals surface area contributed by atoms with Gasteiger partial charge < -0.3 is 10.4 Å². The Labute approximate surface area is 121 Å². The highest BCUT2D eigenvalue weighted by Gasteiger charge is 2.16. The molecule has 1 amide bonds. The van der Waals surface area contributed by atoms with Gasteiger partial charge in [-0.3, -0.25) is 14.9 Å². The summed E-state index contributed by atoms with van der Waals surface area (Å²) in [5, 5.41) is 23.0. The molecule has 108 valence electrons. The van der Waals surface area contributed by atoms with E-state index in [-0.39, 0.29) is 12.2 Å². The number of carbonyl (C=O) groups is 1. The fourth-order valence-corrected chi connectivity index (χ4v) is 1.81. The first-order valence-corrected chi connectivity index (χ1v) is 6.32. The third-order valence-corrected chi connectivity index (χ3v) is 2.98. The van der Waals surface area contributed by atoms with E-state index in [0.717, 1.165) is 0 Å². The monoisotopic (exact) mass is 286 g/mol. The number of rotatable bonds is 5. The minimum atomic E-state index is -1.23. The van der Waals surface area contributed by atoms with Crippen LogP contribution in [-0.2, 0) is 11.3 Å². The third kappa shape index (κ3) is 3.87. The highest BCUT2D eigenvalue weighted by molar-refractivity contribution is 5.81. The first-order chi connectivity index (χ1) is 10.1. The van der Waals surface area contributed by atoms with Gasteiger partial charge in [-0.1, -0.05) is 42.5 Å². The lowest BCUT2D eigenvalue weighted by atomic mass is 10.1. The van der Waals surface area contributed by atoms with E-state index in [1.807, 2.05) is 0 Å². The summed E-state index contributed by atoms with van der Waals surface area (Å²) in [6, 6.07) is 14.5. The largest absolute Gasteiger partial charge is 0.378 e. The van der Waals surface area contributed by atoms with E-state index in [1.165, 1.54) is 12.1 Å². The number of hydrogen-bond donors (Lipinski definition) is 2. The normalized spacial score (nSPS) is 11.7. The van der Waals surface area contributed by atoms with Gasteiger partial charge in [-0.05, 0) is 11.1 Å². The molecule has 0 heterocycles. The predicted molar refractivity (Wildman–Crippen MR) is 76.3 cm³/mol. The first kappa shape index (κ1) is 14.7. The smallest absolute Gasteiger partial charge is 0.269 e. The molecule has 2 aromatic carbocycles. The summed E-state index contributed by atoms with van der Waals surface area (Å²) in [5.41, 5.74) is 1.22. The number of benzene rings is 2. The van der Waals surface area contributed by atoms with Crippen LogP contribution in [0.4, 0.5) is 5.69 Å². The van der Waals surface area contributed by atoms with Crippen LogP contribution in [0.3, 0.4) is 0 Å². The van der Waals surface area contributed by atoms with Gasteiger partial charge >= 0.3 is 0 Å². The maximum Gasteiger partial charge on any atom is 0.269 e. The third-order valence-electron chi connectivity index (χ3n) is 2.98. The molecule has 6 heteroatoms. The number of aliphatic hydroxyl groups is 1. The van der Waals surface area contributed by atoms with Gasteiger partial charge in [0.1, 0.15) is 0 Å². The van der Waals surface area contributed by atoms with Crippen molar-refractivity contribution in [1.29, 1.82) is 0 Å². The topological polar surface area (TPSA) is 92.5 Å². The van der Waals surface area contributed by atoms with Crippen molar-refractivity contribution in [2.75, 3.05) is 0 Å². The number of aliphatic hydroxyl groups excluding tert-OH is 1. The molecule has 0 saturated heterocycles. The maximum absolute atomic E-state index is 11.8. The number of nitrogens with zero attached hydrogens (tertiary/aromatic N) is 1. The van der Waals surface area contributed by atoms with Gasteiger partial charge in [0, 0.05) is 18.7 Å². The molecule has 1 unspecified atom stereocenters. The fraction of sp³-hybridized carbons (Fsp3) is 0.133. The highest BCUT2D eigenvalue weighted by atomic mass is 16.6. The first-order valence-electron chi connectivity index (χ1n) is 6.32. The summed E-state index contributed by atoms with van der Waals surface area (Å²) in [4.78, 5) is 21.9. The van der Waals surface area contributed by atoms with Gasteiger partial charge in [0.05, 0.1) is 4.92 Å². The van der Waals surface area contributed by atoms with Crippen LogP contribution in [0.1, 0.15) is 17.2 Å². The molecule has 2 rings (SSSR count). The minimum Gasteiger partial charge on any atom is -0.378 e. The van der Waals surface area contributed by atoms with Crippen LogP contribution in [-0.4, -0.2) is 15.9 Å². The summed E-state index contributed by atoms with van der Waals surface area (Å²) < 4.78 is 0. The second kappa shape index (κ2) is 6.62. The molecule has 0 saturated carbocycles. The predicted octanol–water partition coefficient (Wildman–Crippen LogP) is 1.94. The molecule has 1 atom stereocenters. The highest BCUT2D eigenvalue weighted by Crippen LogP contribution is 2.14. The standard InChI is InChI=1S/C15H14N2O4/c18-14(12-4-2-1-3-5-12)15(19)16-10-11-6-8-13(9-7-11)17(20)21/h1-9,14,18H,10H2,(H,16,19). The van der Waals surface area contributed by atoms with Crippen LogP contribution in [0.15, 0.2) is 54.6 Å². The summed E-state index contributed by atoms with van der Waals surface area (Å²) in [7, 11) is 0. The Morgan fingerprint density at radius 3 is 2.33 bits per heavy atom. The van der Waals surface area contributed by atoms with Crippen molar-refractivity contribution in [3.8, 4) is 0 Å². The van der Waals surface area contributed by atoms with Gasteiger partial charge in [0.2, 0.25) is 0 Å². The second-order valence-corrected chi connectivity index (χ2v) is 4.45. The van der Waals surface area contributed by atoms with Crippen molar-refractivity contribution >= 4 is 11.6 Å². The van der Waals surface area contributed by atoms with E-state index < -0.39 is 16.9 Å². The van der Waals surface area contributed by atoms with Crippen molar-refractivity contribution in [3.63, 3.8) is 0 Å². The lowest BCUT2D eigenvalue weighted by Gasteiger charge is -2.11. The molecular formula is C15H14N2O4. The maximum atomic E-state index is 11.8. The molecule has 2 aromatic rings. The molecule has 0 aromatic heterocycles. The van der Waals surface area contributed by atoms with Gasteiger partial charge in [-0.2, -0.15) is 0 Å². The molecule has 21 heavy (non-hydrogen) atoms. The van der Waals surface area contributed by atoms with Gasteiger partial charge in [-0.25, -0.2) is 0 Å². The van der Waals surface area contributed by atoms with E-state index in [4.69, 9.17) is 0 Å². The molecule has 0 radical (unpaired) electrons. The van der Waals surface area contributed by atoms with E-state index in [9.17, 15) is 20.0 Å². The summed E-state index contributed by atoms with van der Waals surface area (Å²) >= 11 is 0. The van der Waals surface area contributed by atoms with Crippen molar-refractivity contribution in [2.45, 2.75) is 12.6 Å². The van der Waals surface area contributed by atoms with Crippen molar-refractivity contribution < 1.29 is 14.8 Å². The number of nitro benzene ring substituents is 1. The zero-order chi connectivity index (χ0) is 15.2. The van der Waals surface area contributed by atoms with E-state index in [0.29, 0.717) is 11.1 Å². The van der Waals surface area contributed by atoms with E-state index in [1.54, 1.807) is 42.5 Å². The summed E-state index contributed by atoms with van der Waals surface area (Å²) in [5.74, 6) is -0.514. The Balaban J connectivity index is 1.93. The number of amides is 1. The molecule has 0 aliphatic heterocycles. The van der Waals surface area contributed by atoms with Crippen molar-refractivity contribution in [1.82, 2.24) is 5.32 Å². The number of nitro groups is 1. The second-order valence-electron chi connectivity index (χ2n) is 4.45. The Bertz CT molecular complexity index is 626. The summed E-state index contributed by atoms with van der Waals surface area (Å²) in [6.45, 7) is 0.195. The zero-order valence-electron chi connectivity index (χ0n) is 11.1. The van der Waals surface area contributed by atoms with Crippen LogP contribution in [0.25, 0.3) is 0 Å². The van der Waals surface area contributed by atoms with Crippen LogP contribution in [0, 0.1) is 10.1 Å². The van der Waals surface area contributed by atoms with Gasteiger partial charge in [0.15, 0.2) is 6.10 Å². The lowest BCUT2D eigenvalue weighted by Crippen LogP contribution is -2.28. The van der Waals surface area contributed by atoms with Crippen LogP contribution >= 0.6 is 0 Å². The molecule has 0 aliphatic rings. The van der Waals surface area contributed by atoms with Crippen LogP contribution in [0.5, 0.6) is 0 Å². The van der Waals surface area contributed by atoms with E-state index >= 15 is 0 Å². The Morgan fingerprint density at radius 2 is 1.76 bits per heavy atom. The van der Waals surface area contributed by atoms with Crippen molar-refractivity contribution in [2.24, 2.45) is 0 Å². The molecular weight excluding hydrogens is 272 g/mol. The molecule has 2 N–H and O–H groups in total. The van der Waals surface area contributed by atoms with Crippen LogP contribution < -0.4 is 5.32 Å². The Morgan fingerprint density at radius 1 is 1.14 bits per heavy atom. The SMILES string of the molecule is O=C(NCc1ccc([N+](=O)[O-])cc1)C(O)c1ccccc1. The molecule has 0 bridgehead atoms. The van der Waals surface area contributed by atoms with Gasteiger partial charge in [-0.15, -0.1) is 0 Å². The van der Waals surface area contributed by atoms with Gasteiger partial charge in [0.25, 0.3) is 11.6 Å². The molecule has 0 fully saturated rings. The fourth-order valence-electron chi connectivity index (χ4n) is 1.81.